The number of aromatic nitrogens is 1. The van der Waals surface area contributed by atoms with Crippen LogP contribution in [0.1, 0.15) is 12.6 Å². The Morgan fingerprint density at radius 2 is 1.94 bits per heavy atom. The monoisotopic (exact) mass is 487 g/mol. The molecule has 1 aliphatic heterocycles. The van der Waals surface area contributed by atoms with Crippen LogP contribution in [-0.2, 0) is 26.0 Å². The lowest BCUT2D eigenvalue weighted by Gasteiger charge is -2.26. The number of anilines is 1. The first kappa shape index (κ1) is 23.4. The van der Waals surface area contributed by atoms with Gasteiger partial charge in [0.15, 0.2) is 0 Å². The van der Waals surface area contributed by atoms with Crippen LogP contribution in [-0.4, -0.2) is 56.5 Å². The van der Waals surface area contributed by atoms with Gasteiger partial charge in [0.05, 0.1) is 36.8 Å². The molecule has 3 aromatic rings. The average molecular weight is 488 g/mol. The van der Waals surface area contributed by atoms with Crippen LogP contribution < -0.4 is 10.1 Å². The van der Waals surface area contributed by atoms with Crippen LogP contribution in [0, 0.1) is 0 Å². The molecule has 1 aliphatic rings. The van der Waals surface area contributed by atoms with E-state index in [0.29, 0.717) is 44.3 Å². The van der Waals surface area contributed by atoms with Crippen LogP contribution in [0.3, 0.4) is 0 Å². The minimum absolute atomic E-state index is 0.0912. The molecule has 174 valence electrons. The third kappa shape index (κ3) is 5.77. The number of nitrogens with one attached hydrogen (secondary N) is 1. The number of rotatable bonds is 8. The number of hydrogen-bond donors (Lipinski definition) is 1. The summed E-state index contributed by atoms with van der Waals surface area (Å²) in [7, 11) is -3.63. The second-order valence-electron chi connectivity index (χ2n) is 7.37. The highest BCUT2D eigenvalue weighted by Gasteiger charge is 2.26. The molecule has 0 radical (unpaired) electrons. The Morgan fingerprint density at radius 3 is 2.67 bits per heavy atom. The number of sulfonamides is 1. The molecule has 2 aromatic carbocycles. The van der Waals surface area contributed by atoms with Crippen molar-refractivity contribution in [3.05, 3.63) is 59.6 Å². The highest BCUT2D eigenvalue weighted by molar-refractivity contribution is 7.89. The standard InChI is InChI=1S/C23H25N3O5S2/c1-2-31-20-8-6-17(7-9-20)23-25-19(16-32-23)15-22(27)24-18-4-3-5-21(14-18)33(28,29)26-10-12-30-13-11-26/h3-9,14,16H,2,10-13,15H2,1H3,(H,24,27). The van der Waals surface area contributed by atoms with Gasteiger partial charge in [-0.05, 0) is 49.4 Å². The molecule has 2 heterocycles. The largest absolute Gasteiger partial charge is 0.494 e. The fourth-order valence-corrected chi connectivity index (χ4v) is 5.70. The van der Waals surface area contributed by atoms with Gasteiger partial charge in [0.25, 0.3) is 0 Å². The maximum atomic E-state index is 12.9. The first-order valence-corrected chi connectivity index (χ1v) is 12.9. The number of amides is 1. The van der Waals surface area contributed by atoms with Gasteiger partial charge >= 0.3 is 0 Å². The van der Waals surface area contributed by atoms with Crippen LogP contribution in [0.5, 0.6) is 5.75 Å². The van der Waals surface area contributed by atoms with E-state index in [0.717, 1.165) is 16.3 Å². The molecule has 0 unspecified atom stereocenters. The van der Waals surface area contributed by atoms with Gasteiger partial charge in [0.2, 0.25) is 15.9 Å². The van der Waals surface area contributed by atoms with Crippen molar-refractivity contribution < 1.29 is 22.7 Å². The van der Waals surface area contributed by atoms with Crippen molar-refractivity contribution >= 4 is 33.0 Å². The number of ether oxygens (including phenoxy) is 2. The Bertz CT molecular complexity index is 1200. The van der Waals surface area contributed by atoms with Crippen molar-refractivity contribution in [2.45, 2.75) is 18.2 Å². The molecule has 1 N–H and O–H groups in total. The van der Waals surface area contributed by atoms with Gasteiger partial charge < -0.3 is 14.8 Å². The van der Waals surface area contributed by atoms with E-state index in [-0.39, 0.29) is 17.2 Å². The van der Waals surface area contributed by atoms with Crippen LogP contribution >= 0.6 is 11.3 Å². The van der Waals surface area contributed by atoms with Gasteiger partial charge in [-0.3, -0.25) is 4.79 Å². The SMILES string of the molecule is CCOc1ccc(-c2nc(CC(=O)Nc3cccc(S(=O)(=O)N4CCOCC4)c3)cs2)cc1. The molecular formula is C23H25N3O5S2. The number of carbonyl (C=O) groups excluding carboxylic acids is 1. The summed E-state index contributed by atoms with van der Waals surface area (Å²) in [6.07, 6.45) is 0.0912. The van der Waals surface area contributed by atoms with Gasteiger partial charge in [-0.1, -0.05) is 6.07 Å². The Hall–Kier alpha value is -2.79. The lowest BCUT2D eigenvalue weighted by Crippen LogP contribution is -2.40. The normalized spacial score (nSPS) is 14.7. The average Bonchev–Trinajstić information content (AvgIpc) is 3.29. The lowest BCUT2D eigenvalue weighted by atomic mass is 10.2. The van der Waals surface area contributed by atoms with E-state index in [9.17, 15) is 13.2 Å². The third-order valence-corrected chi connectivity index (χ3v) is 7.87. The number of nitrogens with zero attached hydrogens (tertiary/aromatic N) is 2. The zero-order chi connectivity index (χ0) is 23.3. The van der Waals surface area contributed by atoms with Crippen molar-refractivity contribution in [2.75, 3.05) is 38.2 Å². The zero-order valence-corrected chi connectivity index (χ0v) is 19.8. The first-order valence-electron chi connectivity index (χ1n) is 10.6. The zero-order valence-electron chi connectivity index (χ0n) is 18.2. The Balaban J connectivity index is 1.40. The van der Waals surface area contributed by atoms with E-state index in [2.05, 4.69) is 10.3 Å². The highest BCUT2D eigenvalue weighted by atomic mass is 32.2. The molecule has 0 saturated carbocycles. The second-order valence-corrected chi connectivity index (χ2v) is 10.2. The molecule has 8 nitrogen and oxygen atoms in total. The number of benzene rings is 2. The quantitative estimate of drug-likeness (QED) is 0.523. The molecule has 33 heavy (non-hydrogen) atoms. The van der Waals surface area contributed by atoms with Crippen LogP contribution in [0.2, 0.25) is 0 Å². The molecule has 0 spiro atoms. The summed E-state index contributed by atoms with van der Waals surface area (Å²) < 4.78 is 37.8. The minimum atomic E-state index is -3.63. The summed E-state index contributed by atoms with van der Waals surface area (Å²) in [5.41, 5.74) is 2.03. The smallest absolute Gasteiger partial charge is 0.243 e. The maximum absolute atomic E-state index is 12.9. The summed E-state index contributed by atoms with van der Waals surface area (Å²) in [6, 6.07) is 14.0. The summed E-state index contributed by atoms with van der Waals surface area (Å²) >= 11 is 1.46. The molecule has 10 heteroatoms. The molecule has 1 saturated heterocycles. The predicted molar refractivity (Wildman–Crippen MR) is 127 cm³/mol. The summed E-state index contributed by atoms with van der Waals surface area (Å²) in [5, 5.41) is 5.45. The molecule has 0 aliphatic carbocycles. The molecule has 1 aromatic heterocycles. The van der Waals surface area contributed by atoms with Gasteiger partial charge in [-0.15, -0.1) is 11.3 Å². The van der Waals surface area contributed by atoms with Crippen LogP contribution in [0.15, 0.2) is 58.8 Å². The Labute approximate surface area is 197 Å². The van der Waals surface area contributed by atoms with E-state index < -0.39 is 10.0 Å². The predicted octanol–water partition coefficient (Wildman–Crippen LogP) is 3.41. The first-order chi connectivity index (χ1) is 16.0. The van der Waals surface area contributed by atoms with Gasteiger partial charge in [-0.25, -0.2) is 13.4 Å². The maximum Gasteiger partial charge on any atom is 0.243 e. The van der Waals surface area contributed by atoms with E-state index in [1.807, 2.05) is 36.6 Å². The fraction of sp³-hybridized carbons (Fsp3) is 0.304. The highest BCUT2D eigenvalue weighted by Crippen LogP contribution is 2.26. The summed E-state index contributed by atoms with van der Waals surface area (Å²) in [5.74, 6) is 0.537. The summed E-state index contributed by atoms with van der Waals surface area (Å²) in [4.78, 5) is 17.3. The van der Waals surface area contributed by atoms with E-state index in [1.165, 1.54) is 27.8 Å². The molecule has 1 amide bonds. The van der Waals surface area contributed by atoms with Gasteiger partial charge in [-0.2, -0.15) is 4.31 Å². The lowest BCUT2D eigenvalue weighted by molar-refractivity contribution is -0.115. The van der Waals surface area contributed by atoms with Gasteiger partial charge in [0.1, 0.15) is 10.8 Å². The Kier molecular flexibility index (Phi) is 7.39. The van der Waals surface area contributed by atoms with Gasteiger partial charge in [0, 0.05) is 29.7 Å². The number of hydrogen-bond acceptors (Lipinski definition) is 7. The van der Waals surface area contributed by atoms with Crippen molar-refractivity contribution in [3.63, 3.8) is 0 Å². The summed E-state index contributed by atoms with van der Waals surface area (Å²) in [6.45, 7) is 3.94. The number of thiazole rings is 1. The van der Waals surface area contributed by atoms with Crippen molar-refractivity contribution in [1.82, 2.24) is 9.29 Å². The minimum Gasteiger partial charge on any atom is -0.494 e. The molecular weight excluding hydrogens is 462 g/mol. The topological polar surface area (TPSA) is 97.8 Å². The van der Waals surface area contributed by atoms with Crippen molar-refractivity contribution in [1.29, 1.82) is 0 Å². The molecule has 1 fully saturated rings. The van der Waals surface area contributed by atoms with E-state index >= 15 is 0 Å². The van der Waals surface area contributed by atoms with Crippen LogP contribution in [0.4, 0.5) is 5.69 Å². The molecule has 0 atom stereocenters. The molecule has 0 bridgehead atoms. The molecule has 4 rings (SSSR count). The van der Waals surface area contributed by atoms with Crippen molar-refractivity contribution in [3.8, 4) is 16.3 Å². The Morgan fingerprint density at radius 1 is 1.18 bits per heavy atom. The van der Waals surface area contributed by atoms with E-state index in [4.69, 9.17) is 9.47 Å². The fourth-order valence-electron chi connectivity index (χ4n) is 3.42. The van der Waals surface area contributed by atoms with Crippen LogP contribution in [0.25, 0.3) is 10.6 Å². The number of carbonyl (C=O) groups is 1. The number of morpholine rings is 1. The van der Waals surface area contributed by atoms with Crippen molar-refractivity contribution in [2.24, 2.45) is 0 Å². The third-order valence-electron chi connectivity index (χ3n) is 5.03. The van der Waals surface area contributed by atoms with E-state index in [1.54, 1.807) is 12.1 Å². The second kappa shape index (κ2) is 10.4.